The molecule has 0 aliphatic rings. The van der Waals surface area contributed by atoms with Crippen LogP contribution in [0.15, 0.2) is 18.2 Å². The van der Waals surface area contributed by atoms with Gasteiger partial charge in [0.15, 0.2) is 0 Å². The van der Waals surface area contributed by atoms with E-state index in [9.17, 15) is 22.5 Å². The number of carbonyl (C=O) groups excluding carboxylic acids is 1. The lowest BCUT2D eigenvalue weighted by Gasteiger charge is -2.04. The van der Waals surface area contributed by atoms with E-state index in [0.717, 1.165) is 6.07 Å². The molecule has 0 N–H and O–H groups in total. The summed E-state index contributed by atoms with van der Waals surface area (Å²) < 4.78 is 49.2. The van der Waals surface area contributed by atoms with Gasteiger partial charge in [-0.15, -0.1) is 0 Å². The van der Waals surface area contributed by atoms with Crippen LogP contribution in [0.4, 0.5) is 17.7 Å². The van der Waals surface area contributed by atoms with E-state index in [1.54, 1.807) is 0 Å². The smallest absolute Gasteiger partial charge is 0.251 e. The summed E-state index contributed by atoms with van der Waals surface area (Å²) >= 11 is 0. The molecule has 0 aromatic heterocycles. The van der Waals surface area contributed by atoms with E-state index in [1.807, 2.05) is 0 Å². The summed E-state index contributed by atoms with van der Waals surface area (Å²) in [5.74, 6) is -4.08. The molecule has 1 atom stereocenters. The summed E-state index contributed by atoms with van der Waals surface area (Å²) in [6.07, 6.45) is -2.60. The van der Waals surface area contributed by atoms with Gasteiger partial charge in [-0.2, -0.15) is 0 Å². The molecule has 1 aromatic carbocycles. The van der Waals surface area contributed by atoms with Gasteiger partial charge in [0, 0.05) is 16.2 Å². The highest BCUT2D eigenvalue weighted by Crippen LogP contribution is 2.22. The van der Waals surface area contributed by atoms with Crippen LogP contribution in [0.3, 0.4) is 0 Å². The average Bonchev–Trinajstić information content (AvgIpc) is 2.15. The van der Waals surface area contributed by atoms with Gasteiger partial charge in [-0.1, -0.05) is 0 Å². The first-order chi connectivity index (χ1) is 6.56. The molecule has 0 amide bonds. The average molecular weight is 208 g/mol. The van der Waals surface area contributed by atoms with Crippen LogP contribution in [0.2, 0.25) is 0 Å². The first-order valence-electron chi connectivity index (χ1n) is 3.47. The summed E-state index contributed by atoms with van der Waals surface area (Å²) in [5.41, 5.74) is -0.769. The number of carbonyl (C=O) groups is 1. The molecule has 0 saturated heterocycles. The van der Waals surface area contributed by atoms with Gasteiger partial charge in [0.25, 0.3) is 0 Å². The van der Waals surface area contributed by atoms with Crippen molar-refractivity contribution in [2.24, 2.45) is 0 Å². The van der Waals surface area contributed by atoms with Gasteiger partial charge < -0.3 is 0 Å². The Morgan fingerprint density at radius 2 is 2.00 bits per heavy atom. The standard InChI is InChI=1S/C8H4F4O2/c9-4-1-2-5(6(10)3-4)7(11)8(13)14-12/h1-3,7H. The lowest BCUT2D eigenvalue weighted by Crippen LogP contribution is -2.09. The van der Waals surface area contributed by atoms with Crippen molar-refractivity contribution in [1.29, 1.82) is 0 Å². The Bertz CT molecular complexity index is 353. The first-order valence-corrected chi connectivity index (χ1v) is 3.47. The predicted molar refractivity (Wildman–Crippen MR) is 37.4 cm³/mol. The second kappa shape index (κ2) is 4.08. The van der Waals surface area contributed by atoms with Gasteiger partial charge in [0.05, 0.1) is 0 Å². The van der Waals surface area contributed by atoms with E-state index in [0.29, 0.717) is 12.1 Å². The number of hydrogen-bond donors (Lipinski definition) is 0. The molecule has 14 heavy (non-hydrogen) atoms. The van der Waals surface area contributed by atoms with Crippen molar-refractivity contribution in [2.45, 2.75) is 6.17 Å². The zero-order valence-electron chi connectivity index (χ0n) is 6.64. The molecule has 1 rings (SSSR count). The van der Waals surface area contributed by atoms with E-state index in [1.165, 1.54) is 0 Å². The maximum atomic E-state index is 12.8. The molecule has 0 spiro atoms. The van der Waals surface area contributed by atoms with Crippen LogP contribution in [0, 0.1) is 11.6 Å². The fraction of sp³-hybridized carbons (Fsp3) is 0.125. The van der Waals surface area contributed by atoms with Gasteiger partial charge in [-0.3, -0.25) is 4.94 Å². The number of hydrogen-bond acceptors (Lipinski definition) is 2. The maximum absolute atomic E-state index is 12.8. The zero-order valence-corrected chi connectivity index (χ0v) is 6.64. The van der Waals surface area contributed by atoms with Crippen LogP contribution in [0.5, 0.6) is 0 Å². The summed E-state index contributed by atoms with van der Waals surface area (Å²) in [5, 5.41) is 0. The Morgan fingerprint density at radius 3 is 2.50 bits per heavy atom. The molecule has 6 heteroatoms. The second-order valence-corrected chi connectivity index (χ2v) is 2.42. The van der Waals surface area contributed by atoms with Crippen molar-refractivity contribution in [2.75, 3.05) is 0 Å². The van der Waals surface area contributed by atoms with Gasteiger partial charge in [-0.25, -0.2) is 18.0 Å². The molecule has 0 aliphatic carbocycles. The lowest BCUT2D eigenvalue weighted by atomic mass is 10.1. The van der Waals surface area contributed by atoms with Crippen LogP contribution < -0.4 is 0 Å². The Morgan fingerprint density at radius 1 is 1.36 bits per heavy atom. The first kappa shape index (κ1) is 10.5. The van der Waals surface area contributed by atoms with Crippen molar-refractivity contribution in [3.8, 4) is 0 Å². The van der Waals surface area contributed by atoms with Crippen LogP contribution in [0.1, 0.15) is 11.7 Å². The van der Waals surface area contributed by atoms with Crippen molar-refractivity contribution >= 4 is 5.97 Å². The van der Waals surface area contributed by atoms with Crippen molar-refractivity contribution in [3.63, 3.8) is 0 Å². The Kier molecular flexibility index (Phi) is 3.06. The highest BCUT2D eigenvalue weighted by atomic mass is 19.3. The molecule has 0 saturated carbocycles. The molecular weight excluding hydrogens is 204 g/mol. The fourth-order valence-corrected chi connectivity index (χ4v) is 0.873. The fourth-order valence-electron chi connectivity index (χ4n) is 0.873. The number of benzene rings is 1. The van der Waals surface area contributed by atoms with E-state index >= 15 is 0 Å². The number of rotatable bonds is 2. The van der Waals surface area contributed by atoms with Crippen LogP contribution in [0.25, 0.3) is 0 Å². The summed E-state index contributed by atoms with van der Waals surface area (Å²) in [6, 6.07) is 1.83. The summed E-state index contributed by atoms with van der Waals surface area (Å²) in [7, 11) is 0. The van der Waals surface area contributed by atoms with E-state index < -0.39 is 29.3 Å². The number of alkyl halides is 1. The minimum absolute atomic E-state index is 0.382. The summed E-state index contributed by atoms with van der Waals surface area (Å²) in [4.78, 5) is 12.9. The predicted octanol–water partition coefficient (Wildman–Crippen LogP) is 2.40. The van der Waals surface area contributed by atoms with Gasteiger partial charge in [-0.05, 0) is 12.1 Å². The van der Waals surface area contributed by atoms with Crippen molar-refractivity contribution < 1.29 is 27.4 Å². The molecular formula is C8H4F4O2. The van der Waals surface area contributed by atoms with Gasteiger partial charge in [0.1, 0.15) is 11.6 Å². The SMILES string of the molecule is O=C(OF)C(F)c1ccc(F)cc1F. The van der Waals surface area contributed by atoms with E-state index in [-0.39, 0.29) is 0 Å². The third-order valence-corrected chi connectivity index (χ3v) is 1.52. The van der Waals surface area contributed by atoms with E-state index in [2.05, 4.69) is 4.94 Å². The van der Waals surface area contributed by atoms with Gasteiger partial charge in [0.2, 0.25) is 6.17 Å². The molecule has 2 nitrogen and oxygen atoms in total. The zero-order chi connectivity index (χ0) is 10.7. The molecule has 1 unspecified atom stereocenters. The topological polar surface area (TPSA) is 26.3 Å². The highest BCUT2D eigenvalue weighted by Gasteiger charge is 2.25. The third kappa shape index (κ3) is 2.01. The Labute approximate surface area is 76.0 Å². The van der Waals surface area contributed by atoms with Crippen LogP contribution in [-0.2, 0) is 9.74 Å². The van der Waals surface area contributed by atoms with Gasteiger partial charge >= 0.3 is 5.97 Å². The minimum atomic E-state index is -2.60. The number of halogens is 4. The normalized spacial score (nSPS) is 12.3. The van der Waals surface area contributed by atoms with Crippen molar-refractivity contribution in [3.05, 3.63) is 35.4 Å². The van der Waals surface area contributed by atoms with E-state index in [4.69, 9.17) is 0 Å². The molecule has 0 bridgehead atoms. The Hall–Kier alpha value is -1.59. The van der Waals surface area contributed by atoms with Crippen molar-refractivity contribution in [1.82, 2.24) is 0 Å². The maximum Gasteiger partial charge on any atom is 0.387 e. The quantitative estimate of drug-likeness (QED) is 0.697. The molecule has 0 heterocycles. The molecule has 0 radical (unpaired) electrons. The van der Waals surface area contributed by atoms with Crippen LogP contribution in [-0.4, -0.2) is 5.97 Å². The minimum Gasteiger partial charge on any atom is -0.251 e. The summed E-state index contributed by atoms with van der Waals surface area (Å²) in [6.45, 7) is 0. The second-order valence-electron chi connectivity index (χ2n) is 2.42. The molecule has 0 aliphatic heterocycles. The molecule has 1 aromatic rings. The lowest BCUT2D eigenvalue weighted by molar-refractivity contribution is -0.190. The van der Waals surface area contributed by atoms with Crippen LogP contribution >= 0.6 is 0 Å². The Balaban J connectivity index is 3.01. The molecule has 76 valence electrons. The largest absolute Gasteiger partial charge is 0.387 e. The molecule has 0 fully saturated rings. The third-order valence-electron chi connectivity index (χ3n) is 1.52. The highest BCUT2D eigenvalue weighted by molar-refractivity contribution is 5.75. The monoisotopic (exact) mass is 208 g/mol.